The maximum Gasteiger partial charge on any atom is 0.233 e. The molecule has 0 spiro atoms. The van der Waals surface area contributed by atoms with Crippen molar-refractivity contribution >= 4 is 11.7 Å². The Morgan fingerprint density at radius 3 is 2.72 bits per heavy atom. The van der Waals surface area contributed by atoms with Gasteiger partial charge in [0, 0.05) is 19.7 Å². The maximum atomic E-state index is 12.4. The summed E-state index contributed by atoms with van der Waals surface area (Å²) in [6, 6.07) is 0.304. The fourth-order valence-electron chi connectivity index (χ4n) is 2.00. The molecule has 3 N–H and O–H groups in total. The number of ether oxygens (including phenoxy) is 1. The van der Waals surface area contributed by atoms with E-state index < -0.39 is 5.92 Å². The fraction of sp³-hybridized carbons (Fsp3) is 0.833. The van der Waals surface area contributed by atoms with E-state index in [1.807, 2.05) is 11.8 Å². The van der Waals surface area contributed by atoms with Gasteiger partial charge >= 0.3 is 0 Å². The van der Waals surface area contributed by atoms with Gasteiger partial charge in [0.05, 0.1) is 12.5 Å². The Morgan fingerprint density at radius 1 is 1.61 bits per heavy atom. The third-order valence-electron chi connectivity index (χ3n) is 3.15. The number of methoxy groups -OCH3 is 1. The van der Waals surface area contributed by atoms with Crippen molar-refractivity contribution in [1.29, 1.82) is 0 Å². The average molecular weight is 257 g/mol. The molecule has 0 radical (unpaired) electrons. The third-order valence-corrected chi connectivity index (χ3v) is 3.15. The smallest absolute Gasteiger partial charge is 0.233 e. The van der Waals surface area contributed by atoms with Crippen molar-refractivity contribution in [2.24, 2.45) is 16.8 Å². The lowest BCUT2D eigenvalue weighted by molar-refractivity contribution is -0.134. The van der Waals surface area contributed by atoms with Gasteiger partial charge in [-0.1, -0.05) is 18.5 Å². The monoisotopic (exact) mass is 257 g/mol. The van der Waals surface area contributed by atoms with Crippen LogP contribution >= 0.6 is 0 Å². The number of oxime groups is 1. The van der Waals surface area contributed by atoms with Gasteiger partial charge < -0.3 is 20.6 Å². The molecule has 1 aliphatic rings. The van der Waals surface area contributed by atoms with Crippen molar-refractivity contribution < 1.29 is 14.7 Å². The number of amidine groups is 1. The first-order valence-corrected chi connectivity index (χ1v) is 6.42. The molecule has 0 aromatic carbocycles. The predicted octanol–water partition coefficient (Wildman–Crippen LogP) is 0.787. The lowest BCUT2D eigenvalue weighted by atomic mass is 10.0. The van der Waals surface area contributed by atoms with Crippen molar-refractivity contribution in [1.82, 2.24) is 4.90 Å². The summed E-state index contributed by atoms with van der Waals surface area (Å²) < 4.78 is 5.02. The highest BCUT2D eigenvalue weighted by Gasteiger charge is 2.36. The number of hydrogen-bond acceptors (Lipinski definition) is 4. The molecule has 1 fully saturated rings. The third kappa shape index (κ3) is 3.87. The van der Waals surface area contributed by atoms with Crippen LogP contribution in [0.25, 0.3) is 0 Å². The molecule has 0 bridgehead atoms. The number of nitrogens with two attached hydrogens (primary N) is 1. The van der Waals surface area contributed by atoms with E-state index in [2.05, 4.69) is 5.16 Å². The van der Waals surface area contributed by atoms with Crippen LogP contribution in [0.3, 0.4) is 0 Å². The summed E-state index contributed by atoms with van der Waals surface area (Å²) in [6.07, 6.45) is 3.48. The minimum absolute atomic E-state index is 0.00455. The lowest BCUT2D eigenvalue weighted by Gasteiger charge is -2.26. The first kappa shape index (κ1) is 14.8. The van der Waals surface area contributed by atoms with Crippen LogP contribution < -0.4 is 5.73 Å². The number of hydrogen-bond donors (Lipinski definition) is 2. The molecule has 1 atom stereocenters. The zero-order chi connectivity index (χ0) is 13.5. The van der Waals surface area contributed by atoms with Crippen LogP contribution in [0.5, 0.6) is 0 Å². The normalized spacial score (nSPS) is 17.6. The molecule has 0 saturated heterocycles. The lowest BCUT2D eigenvalue weighted by Crippen LogP contribution is -2.44. The molecule has 0 aromatic heterocycles. The Morgan fingerprint density at radius 2 is 2.28 bits per heavy atom. The van der Waals surface area contributed by atoms with Gasteiger partial charge in [-0.3, -0.25) is 4.79 Å². The van der Waals surface area contributed by atoms with Gasteiger partial charge in [0.1, 0.15) is 0 Å². The molecule has 0 aromatic rings. The second kappa shape index (κ2) is 7.20. The number of amides is 1. The summed E-state index contributed by atoms with van der Waals surface area (Å²) >= 11 is 0. The Balaban J connectivity index is 2.71. The van der Waals surface area contributed by atoms with E-state index in [9.17, 15) is 4.79 Å². The van der Waals surface area contributed by atoms with E-state index in [1.165, 1.54) is 0 Å². The van der Waals surface area contributed by atoms with E-state index in [-0.39, 0.29) is 11.7 Å². The van der Waals surface area contributed by atoms with E-state index in [1.54, 1.807) is 7.11 Å². The minimum Gasteiger partial charge on any atom is -0.409 e. The topological polar surface area (TPSA) is 88.2 Å². The zero-order valence-electron chi connectivity index (χ0n) is 11.1. The van der Waals surface area contributed by atoms with E-state index in [0.29, 0.717) is 25.6 Å². The summed E-state index contributed by atoms with van der Waals surface area (Å²) in [5.41, 5.74) is 5.61. The van der Waals surface area contributed by atoms with Crippen LogP contribution in [0.1, 0.15) is 32.6 Å². The molecule has 1 unspecified atom stereocenters. The first-order chi connectivity index (χ1) is 8.65. The largest absolute Gasteiger partial charge is 0.409 e. The molecule has 1 saturated carbocycles. The second-order valence-corrected chi connectivity index (χ2v) is 4.62. The van der Waals surface area contributed by atoms with Gasteiger partial charge in [-0.05, 0) is 19.3 Å². The number of rotatable bonds is 8. The maximum absolute atomic E-state index is 12.4. The molecule has 104 valence electrons. The molecule has 0 heterocycles. The van der Waals surface area contributed by atoms with Gasteiger partial charge in [-0.2, -0.15) is 0 Å². The Kier molecular flexibility index (Phi) is 5.91. The van der Waals surface area contributed by atoms with Crippen LogP contribution in [0.2, 0.25) is 0 Å². The van der Waals surface area contributed by atoms with E-state index in [0.717, 1.165) is 19.3 Å². The fourth-order valence-corrected chi connectivity index (χ4v) is 2.00. The predicted molar refractivity (Wildman–Crippen MR) is 68.4 cm³/mol. The SMILES string of the molecule is CCCC(C(=O)N(CCOC)C1CC1)C(N)=NO. The highest BCUT2D eigenvalue weighted by Crippen LogP contribution is 2.28. The van der Waals surface area contributed by atoms with Crippen molar-refractivity contribution in [2.45, 2.75) is 38.6 Å². The molecule has 6 heteroatoms. The molecule has 18 heavy (non-hydrogen) atoms. The summed E-state index contributed by atoms with van der Waals surface area (Å²) in [5.74, 6) is -0.561. The zero-order valence-corrected chi connectivity index (χ0v) is 11.1. The molecule has 0 aliphatic heterocycles. The first-order valence-electron chi connectivity index (χ1n) is 6.42. The van der Waals surface area contributed by atoms with Crippen molar-refractivity contribution in [3.63, 3.8) is 0 Å². The molecule has 1 aliphatic carbocycles. The molecule has 1 rings (SSSR count). The summed E-state index contributed by atoms with van der Waals surface area (Å²) in [5, 5.41) is 11.7. The van der Waals surface area contributed by atoms with Gasteiger partial charge in [0.2, 0.25) is 5.91 Å². The number of nitrogens with zero attached hydrogens (tertiary/aromatic N) is 2. The van der Waals surface area contributed by atoms with Crippen LogP contribution in [-0.2, 0) is 9.53 Å². The average Bonchev–Trinajstić information content (AvgIpc) is 3.19. The molecule has 6 nitrogen and oxygen atoms in total. The number of carbonyl (C=O) groups is 1. The van der Waals surface area contributed by atoms with Crippen molar-refractivity contribution in [2.75, 3.05) is 20.3 Å². The Bertz CT molecular complexity index is 303. The van der Waals surface area contributed by atoms with Crippen LogP contribution in [0.15, 0.2) is 5.16 Å². The van der Waals surface area contributed by atoms with Crippen molar-refractivity contribution in [3.05, 3.63) is 0 Å². The molecular formula is C12H23N3O3. The van der Waals surface area contributed by atoms with Crippen LogP contribution in [0.4, 0.5) is 0 Å². The summed E-state index contributed by atoms with van der Waals surface area (Å²) in [7, 11) is 1.61. The molecule has 1 amide bonds. The van der Waals surface area contributed by atoms with Crippen LogP contribution in [0, 0.1) is 5.92 Å². The van der Waals surface area contributed by atoms with Crippen LogP contribution in [-0.4, -0.2) is 48.2 Å². The standard InChI is InChI=1S/C12H23N3O3/c1-3-4-10(11(13)14-17)12(16)15(7-8-18-2)9-5-6-9/h9-10,17H,3-8H2,1-2H3,(H2,13,14). The quantitative estimate of drug-likeness (QED) is 0.291. The van der Waals surface area contributed by atoms with E-state index >= 15 is 0 Å². The minimum atomic E-state index is -0.516. The summed E-state index contributed by atoms with van der Waals surface area (Å²) in [6.45, 7) is 3.05. The van der Waals surface area contributed by atoms with Gasteiger partial charge in [0.25, 0.3) is 0 Å². The van der Waals surface area contributed by atoms with E-state index in [4.69, 9.17) is 15.7 Å². The van der Waals surface area contributed by atoms with Gasteiger partial charge in [-0.25, -0.2) is 0 Å². The van der Waals surface area contributed by atoms with Crippen molar-refractivity contribution in [3.8, 4) is 0 Å². The molecular weight excluding hydrogens is 234 g/mol. The van der Waals surface area contributed by atoms with Gasteiger partial charge in [0.15, 0.2) is 5.84 Å². The highest BCUT2D eigenvalue weighted by atomic mass is 16.5. The Hall–Kier alpha value is -1.30. The second-order valence-electron chi connectivity index (χ2n) is 4.62. The Labute approximate surface area is 108 Å². The number of carbonyl (C=O) groups excluding carboxylic acids is 1. The van der Waals surface area contributed by atoms with Gasteiger partial charge in [-0.15, -0.1) is 0 Å². The highest BCUT2D eigenvalue weighted by molar-refractivity contribution is 6.02. The summed E-state index contributed by atoms with van der Waals surface area (Å²) in [4.78, 5) is 14.2.